The van der Waals surface area contributed by atoms with Gasteiger partial charge >= 0.3 is 6.03 Å². The van der Waals surface area contributed by atoms with Crippen LogP contribution in [-0.2, 0) is 12.8 Å². The summed E-state index contributed by atoms with van der Waals surface area (Å²) in [5.74, 6) is 1.22. The number of para-hydroxylation sites is 2. The van der Waals surface area contributed by atoms with E-state index in [1.165, 1.54) is 0 Å². The fourth-order valence-electron chi connectivity index (χ4n) is 2.97. The van der Waals surface area contributed by atoms with E-state index in [1.54, 1.807) is 12.1 Å². The summed E-state index contributed by atoms with van der Waals surface area (Å²) in [6.45, 7) is 2.60. The van der Waals surface area contributed by atoms with Gasteiger partial charge in [-0.15, -0.1) is 0 Å². The molecule has 1 heterocycles. The van der Waals surface area contributed by atoms with Crippen LogP contribution in [0.3, 0.4) is 0 Å². The number of aromatic hydroxyl groups is 1. The van der Waals surface area contributed by atoms with Gasteiger partial charge in [0.15, 0.2) is 0 Å². The maximum Gasteiger partial charge on any atom is 0.314 e. The second kappa shape index (κ2) is 9.07. The Balaban J connectivity index is 1.32. The van der Waals surface area contributed by atoms with Crippen molar-refractivity contribution < 1.29 is 9.90 Å². The van der Waals surface area contributed by atoms with Crippen molar-refractivity contribution >= 4 is 17.1 Å². The van der Waals surface area contributed by atoms with Crippen LogP contribution in [0.2, 0.25) is 0 Å². The van der Waals surface area contributed by atoms with Gasteiger partial charge in [0.1, 0.15) is 11.6 Å². The number of aryl methyl sites for hydroxylation is 2. The molecule has 0 aliphatic carbocycles. The number of nitrogens with one attached hydrogen (secondary N) is 3. The predicted octanol–water partition coefficient (Wildman–Crippen LogP) is 3.52. The molecule has 3 rings (SSSR count). The molecule has 0 fully saturated rings. The lowest BCUT2D eigenvalue weighted by Crippen LogP contribution is -2.41. The van der Waals surface area contributed by atoms with Crippen LogP contribution in [0, 0.1) is 0 Å². The number of H-pyrrole nitrogens is 1. The molecule has 0 radical (unpaired) electrons. The summed E-state index contributed by atoms with van der Waals surface area (Å²) in [6.07, 6.45) is 3.32. The number of hydrogen-bond acceptors (Lipinski definition) is 3. The molecule has 1 aromatic heterocycles. The summed E-state index contributed by atoms with van der Waals surface area (Å²) in [4.78, 5) is 19.8. The van der Waals surface area contributed by atoms with E-state index in [9.17, 15) is 9.90 Å². The van der Waals surface area contributed by atoms with Gasteiger partial charge in [0.05, 0.1) is 11.0 Å². The molecule has 3 aromatic rings. The SMILES string of the molecule is C[C@@H](CCc1ccc(O)cc1)NC(=O)NCCCc1nc2ccccc2[nH]1. The first-order valence-electron chi connectivity index (χ1n) is 9.36. The van der Waals surface area contributed by atoms with Gasteiger partial charge < -0.3 is 20.7 Å². The van der Waals surface area contributed by atoms with E-state index < -0.39 is 0 Å². The van der Waals surface area contributed by atoms with E-state index in [0.717, 1.165) is 48.1 Å². The molecule has 0 unspecified atom stereocenters. The van der Waals surface area contributed by atoms with E-state index in [-0.39, 0.29) is 17.8 Å². The summed E-state index contributed by atoms with van der Waals surface area (Å²) in [6, 6.07) is 15.1. The minimum atomic E-state index is -0.141. The standard InChI is InChI=1S/C21H26N4O2/c1-15(8-9-16-10-12-17(26)13-11-16)23-21(27)22-14-4-7-20-24-18-5-2-3-6-19(18)25-20/h2-3,5-6,10-13,15,26H,4,7-9,14H2,1H3,(H,24,25)(H2,22,23,27)/t15-/m0/s1. The lowest BCUT2D eigenvalue weighted by atomic mass is 10.1. The number of phenolic OH excluding ortho intramolecular Hbond substituents is 1. The van der Waals surface area contributed by atoms with Crippen LogP contribution in [0.5, 0.6) is 5.75 Å². The topological polar surface area (TPSA) is 90.0 Å². The van der Waals surface area contributed by atoms with Crippen LogP contribution in [0.1, 0.15) is 31.2 Å². The minimum Gasteiger partial charge on any atom is -0.508 e. The molecule has 0 spiro atoms. The number of carbonyl (C=O) groups excluding carboxylic acids is 1. The highest BCUT2D eigenvalue weighted by molar-refractivity contribution is 5.75. The maximum absolute atomic E-state index is 12.0. The molecule has 2 amide bonds. The molecule has 6 nitrogen and oxygen atoms in total. The van der Waals surface area contributed by atoms with E-state index in [1.807, 2.05) is 43.3 Å². The number of amides is 2. The highest BCUT2D eigenvalue weighted by atomic mass is 16.3. The van der Waals surface area contributed by atoms with Gasteiger partial charge in [-0.25, -0.2) is 9.78 Å². The van der Waals surface area contributed by atoms with Gasteiger partial charge in [0.25, 0.3) is 0 Å². The largest absolute Gasteiger partial charge is 0.508 e. The van der Waals surface area contributed by atoms with Crippen LogP contribution in [0.4, 0.5) is 4.79 Å². The number of hydrogen-bond donors (Lipinski definition) is 4. The van der Waals surface area contributed by atoms with E-state index in [4.69, 9.17) is 0 Å². The molecule has 2 aromatic carbocycles. The number of imidazole rings is 1. The van der Waals surface area contributed by atoms with Crippen LogP contribution in [0.15, 0.2) is 48.5 Å². The fraction of sp³-hybridized carbons (Fsp3) is 0.333. The van der Waals surface area contributed by atoms with Crippen LogP contribution in [0.25, 0.3) is 11.0 Å². The Hall–Kier alpha value is -3.02. The molecular formula is C21H26N4O2. The summed E-state index contributed by atoms with van der Waals surface area (Å²) >= 11 is 0. The van der Waals surface area contributed by atoms with Crippen LogP contribution >= 0.6 is 0 Å². The molecule has 6 heteroatoms. The number of aromatic amines is 1. The smallest absolute Gasteiger partial charge is 0.314 e. The Kier molecular flexibility index (Phi) is 6.30. The summed E-state index contributed by atoms with van der Waals surface area (Å²) in [5, 5.41) is 15.2. The lowest BCUT2D eigenvalue weighted by molar-refractivity contribution is 0.237. The summed E-state index contributed by atoms with van der Waals surface area (Å²) in [5.41, 5.74) is 3.16. The second-order valence-corrected chi connectivity index (χ2v) is 6.81. The van der Waals surface area contributed by atoms with Crippen molar-refractivity contribution in [2.75, 3.05) is 6.54 Å². The van der Waals surface area contributed by atoms with Gasteiger partial charge in [0, 0.05) is 19.0 Å². The molecule has 27 heavy (non-hydrogen) atoms. The number of nitrogens with zero attached hydrogens (tertiary/aromatic N) is 1. The fourth-order valence-corrected chi connectivity index (χ4v) is 2.97. The monoisotopic (exact) mass is 366 g/mol. The zero-order chi connectivity index (χ0) is 19.1. The first kappa shape index (κ1) is 18.8. The van der Waals surface area contributed by atoms with Crippen molar-refractivity contribution in [2.24, 2.45) is 0 Å². The van der Waals surface area contributed by atoms with E-state index >= 15 is 0 Å². The van der Waals surface area contributed by atoms with Gasteiger partial charge in [0.2, 0.25) is 0 Å². The predicted molar refractivity (Wildman–Crippen MR) is 107 cm³/mol. The Bertz CT molecular complexity index is 840. The van der Waals surface area contributed by atoms with Crippen molar-refractivity contribution in [3.63, 3.8) is 0 Å². The molecule has 4 N–H and O–H groups in total. The van der Waals surface area contributed by atoms with Gasteiger partial charge in [-0.05, 0) is 56.0 Å². The number of aromatic nitrogens is 2. The molecule has 142 valence electrons. The summed E-state index contributed by atoms with van der Waals surface area (Å²) in [7, 11) is 0. The van der Waals surface area contributed by atoms with Crippen molar-refractivity contribution in [1.82, 2.24) is 20.6 Å². The number of phenols is 1. The third-order valence-electron chi connectivity index (χ3n) is 4.49. The average molecular weight is 366 g/mol. The summed E-state index contributed by atoms with van der Waals surface area (Å²) < 4.78 is 0. The molecule has 0 saturated carbocycles. The van der Waals surface area contributed by atoms with Crippen molar-refractivity contribution in [3.05, 3.63) is 59.9 Å². The van der Waals surface area contributed by atoms with Crippen molar-refractivity contribution in [3.8, 4) is 5.75 Å². The zero-order valence-electron chi connectivity index (χ0n) is 15.5. The maximum atomic E-state index is 12.0. The first-order valence-corrected chi connectivity index (χ1v) is 9.36. The van der Waals surface area contributed by atoms with Gasteiger partial charge in [-0.3, -0.25) is 0 Å². The average Bonchev–Trinajstić information content (AvgIpc) is 3.07. The molecule has 0 aliphatic rings. The van der Waals surface area contributed by atoms with Gasteiger partial charge in [-0.2, -0.15) is 0 Å². The molecule has 1 atom stereocenters. The van der Waals surface area contributed by atoms with Crippen molar-refractivity contribution in [2.45, 2.75) is 38.6 Å². The van der Waals surface area contributed by atoms with E-state index in [2.05, 4.69) is 20.6 Å². The minimum absolute atomic E-state index is 0.0779. The lowest BCUT2D eigenvalue weighted by Gasteiger charge is -2.14. The second-order valence-electron chi connectivity index (χ2n) is 6.81. The zero-order valence-corrected chi connectivity index (χ0v) is 15.5. The quantitative estimate of drug-likeness (QED) is 0.460. The highest BCUT2D eigenvalue weighted by Crippen LogP contribution is 2.12. The normalized spacial score (nSPS) is 12.0. The number of urea groups is 1. The Morgan fingerprint density at radius 1 is 1.15 bits per heavy atom. The number of carbonyl (C=O) groups is 1. The number of benzene rings is 2. The third kappa shape index (κ3) is 5.74. The molecular weight excluding hydrogens is 340 g/mol. The molecule has 0 saturated heterocycles. The first-order chi connectivity index (χ1) is 13.1. The molecule has 0 aliphatic heterocycles. The highest BCUT2D eigenvalue weighted by Gasteiger charge is 2.07. The number of fused-ring (bicyclic) bond motifs is 1. The Morgan fingerprint density at radius 3 is 2.70 bits per heavy atom. The Labute approximate surface area is 159 Å². The van der Waals surface area contributed by atoms with Gasteiger partial charge in [-0.1, -0.05) is 24.3 Å². The van der Waals surface area contributed by atoms with Crippen molar-refractivity contribution in [1.29, 1.82) is 0 Å². The number of rotatable bonds is 8. The van der Waals surface area contributed by atoms with Crippen LogP contribution < -0.4 is 10.6 Å². The van der Waals surface area contributed by atoms with Crippen LogP contribution in [-0.4, -0.2) is 33.7 Å². The van der Waals surface area contributed by atoms with E-state index in [0.29, 0.717) is 6.54 Å². The Morgan fingerprint density at radius 2 is 1.93 bits per heavy atom. The third-order valence-corrected chi connectivity index (χ3v) is 4.49. The molecule has 0 bridgehead atoms.